The third-order valence-electron chi connectivity index (χ3n) is 3.03. The summed E-state index contributed by atoms with van der Waals surface area (Å²) in [5, 5.41) is 6.72. The third kappa shape index (κ3) is 3.59. The van der Waals surface area contributed by atoms with E-state index in [1.54, 1.807) is 4.90 Å². The predicted octanol–water partition coefficient (Wildman–Crippen LogP) is 1.50. The summed E-state index contributed by atoms with van der Waals surface area (Å²) in [6.45, 7) is 6.93. The molecule has 2 heterocycles. The van der Waals surface area contributed by atoms with Crippen LogP contribution in [0.2, 0.25) is 0 Å². The largest absolute Gasteiger partial charge is 0.444 e. The van der Waals surface area contributed by atoms with Crippen LogP contribution in [-0.2, 0) is 4.74 Å². The molecule has 0 radical (unpaired) electrons. The Morgan fingerprint density at radius 2 is 2.05 bits per heavy atom. The number of amides is 1. The lowest BCUT2D eigenvalue weighted by Crippen LogP contribution is -2.41. The number of piperidine rings is 1. The second-order valence-corrected chi connectivity index (χ2v) is 5.82. The van der Waals surface area contributed by atoms with Crippen LogP contribution in [0, 0.1) is 0 Å². The molecule has 0 atom stereocenters. The molecule has 7 heteroatoms. The second kappa shape index (κ2) is 5.07. The molecule has 1 aromatic heterocycles. The van der Waals surface area contributed by atoms with E-state index in [9.17, 15) is 4.79 Å². The molecular weight excluding hydrogens is 246 g/mol. The van der Waals surface area contributed by atoms with Crippen LogP contribution < -0.4 is 5.73 Å². The Bertz CT molecular complexity index is 443. The normalized spacial score (nSPS) is 17.5. The van der Waals surface area contributed by atoms with Crippen LogP contribution in [0.25, 0.3) is 0 Å². The minimum absolute atomic E-state index is 0.250. The summed E-state index contributed by atoms with van der Waals surface area (Å²) in [5.74, 6) is 1.33. The first-order valence-electron chi connectivity index (χ1n) is 6.51. The van der Waals surface area contributed by atoms with Crippen molar-refractivity contribution in [1.29, 1.82) is 0 Å². The number of carbonyl (C=O) groups is 1. The Morgan fingerprint density at radius 1 is 1.42 bits per heavy atom. The van der Waals surface area contributed by atoms with Crippen LogP contribution in [0.3, 0.4) is 0 Å². The summed E-state index contributed by atoms with van der Waals surface area (Å²) in [4.78, 5) is 17.8. The van der Waals surface area contributed by atoms with Gasteiger partial charge < -0.3 is 15.4 Å². The van der Waals surface area contributed by atoms with Crippen molar-refractivity contribution in [2.75, 3.05) is 18.8 Å². The smallest absolute Gasteiger partial charge is 0.410 e. The zero-order valence-corrected chi connectivity index (χ0v) is 11.6. The molecule has 19 heavy (non-hydrogen) atoms. The molecule has 7 nitrogen and oxygen atoms in total. The molecule has 3 N–H and O–H groups in total. The lowest BCUT2D eigenvalue weighted by atomic mass is 9.96. The van der Waals surface area contributed by atoms with Crippen LogP contribution >= 0.6 is 0 Å². The standard InChI is InChI=1S/C12H21N5O2/c1-12(2,3)19-11(18)17-6-4-8(5-7-17)9-14-10(13)16-15-9/h8H,4-7H2,1-3H3,(H3,13,14,15,16). The van der Waals surface area contributed by atoms with E-state index in [1.165, 1.54) is 0 Å². The Hall–Kier alpha value is -1.79. The molecule has 0 unspecified atom stereocenters. The number of nitrogens with zero attached hydrogens (tertiary/aromatic N) is 3. The van der Waals surface area contributed by atoms with Crippen molar-refractivity contribution >= 4 is 12.0 Å². The SMILES string of the molecule is CC(C)(C)OC(=O)N1CCC(c2n[nH]c(N)n2)CC1. The molecule has 0 aromatic carbocycles. The number of carbonyl (C=O) groups excluding carboxylic acids is 1. The molecule has 106 valence electrons. The summed E-state index contributed by atoms with van der Waals surface area (Å²) in [6.07, 6.45) is 1.41. The number of aromatic amines is 1. The Kier molecular flexibility index (Phi) is 3.64. The Morgan fingerprint density at radius 3 is 2.53 bits per heavy atom. The average molecular weight is 267 g/mol. The monoisotopic (exact) mass is 267 g/mol. The van der Waals surface area contributed by atoms with E-state index in [-0.39, 0.29) is 12.0 Å². The van der Waals surface area contributed by atoms with Gasteiger partial charge in [-0.25, -0.2) is 9.89 Å². The quantitative estimate of drug-likeness (QED) is 0.803. The van der Waals surface area contributed by atoms with Gasteiger partial charge in [-0.15, -0.1) is 0 Å². The highest BCUT2D eigenvalue weighted by Gasteiger charge is 2.28. The summed E-state index contributed by atoms with van der Waals surface area (Å²) in [7, 11) is 0. The number of hydrogen-bond donors (Lipinski definition) is 2. The molecule has 1 saturated heterocycles. The van der Waals surface area contributed by atoms with E-state index in [0.717, 1.165) is 18.7 Å². The van der Waals surface area contributed by atoms with Crippen LogP contribution in [0.5, 0.6) is 0 Å². The first-order chi connectivity index (χ1) is 8.85. The van der Waals surface area contributed by atoms with E-state index in [0.29, 0.717) is 19.0 Å². The second-order valence-electron chi connectivity index (χ2n) is 5.82. The number of ether oxygens (including phenoxy) is 1. The lowest BCUT2D eigenvalue weighted by Gasteiger charge is -2.32. The van der Waals surface area contributed by atoms with Gasteiger partial charge in [-0.1, -0.05) is 0 Å². The fourth-order valence-electron chi connectivity index (χ4n) is 2.12. The number of aromatic nitrogens is 3. The van der Waals surface area contributed by atoms with Crippen molar-refractivity contribution in [1.82, 2.24) is 20.1 Å². The van der Waals surface area contributed by atoms with Gasteiger partial charge in [-0.2, -0.15) is 10.1 Å². The van der Waals surface area contributed by atoms with Crippen LogP contribution in [0.4, 0.5) is 10.7 Å². The predicted molar refractivity (Wildman–Crippen MR) is 70.6 cm³/mol. The number of nitrogens with one attached hydrogen (secondary N) is 1. The number of rotatable bonds is 1. The van der Waals surface area contributed by atoms with E-state index in [4.69, 9.17) is 10.5 Å². The summed E-state index contributed by atoms with van der Waals surface area (Å²) < 4.78 is 5.35. The number of hydrogen-bond acceptors (Lipinski definition) is 5. The average Bonchev–Trinajstić information content (AvgIpc) is 2.74. The molecule has 0 bridgehead atoms. The summed E-state index contributed by atoms with van der Waals surface area (Å²) >= 11 is 0. The number of nitrogens with two attached hydrogens (primary N) is 1. The maximum Gasteiger partial charge on any atom is 0.410 e. The first kappa shape index (κ1) is 13.6. The summed E-state index contributed by atoms with van der Waals surface area (Å²) in [5.41, 5.74) is 5.06. The minimum Gasteiger partial charge on any atom is -0.444 e. The van der Waals surface area contributed by atoms with Crippen molar-refractivity contribution < 1.29 is 9.53 Å². The molecule has 0 aliphatic carbocycles. The van der Waals surface area contributed by atoms with Crippen molar-refractivity contribution in [3.05, 3.63) is 5.82 Å². The molecular formula is C12H21N5O2. The molecule has 1 fully saturated rings. The van der Waals surface area contributed by atoms with E-state index < -0.39 is 5.60 Å². The lowest BCUT2D eigenvalue weighted by molar-refractivity contribution is 0.0203. The molecule has 0 spiro atoms. The van der Waals surface area contributed by atoms with Crippen LogP contribution in [-0.4, -0.2) is 44.9 Å². The molecule has 2 rings (SSSR count). The maximum atomic E-state index is 11.9. The third-order valence-corrected chi connectivity index (χ3v) is 3.03. The van der Waals surface area contributed by atoms with Crippen LogP contribution in [0.15, 0.2) is 0 Å². The van der Waals surface area contributed by atoms with Crippen molar-refractivity contribution in [2.45, 2.75) is 45.1 Å². The van der Waals surface area contributed by atoms with Gasteiger partial charge >= 0.3 is 6.09 Å². The van der Waals surface area contributed by atoms with Crippen LogP contribution in [0.1, 0.15) is 45.4 Å². The Balaban J connectivity index is 1.87. The van der Waals surface area contributed by atoms with Gasteiger partial charge in [-0.3, -0.25) is 0 Å². The van der Waals surface area contributed by atoms with E-state index in [1.807, 2.05) is 20.8 Å². The van der Waals surface area contributed by atoms with Gasteiger partial charge in [0.25, 0.3) is 0 Å². The maximum absolute atomic E-state index is 11.9. The highest BCUT2D eigenvalue weighted by Crippen LogP contribution is 2.26. The zero-order chi connectivity index (χ0) is 14.0. The molecule has 1 amide bonds. The molecule has 0 saturated carbocycles. The highest BCUT2D eigenvalue weighted by molar-refractivity contribution is 5.68. The van der Waals surface area contributed by atoms with Gasteiger partial charge in [0, 0.05) is 19.0 Å². The number of H-pyrrole nitrogens is 1. The summed E-state index contributed by atoms with van der Waals surface area (Å²) in [6, 6.07) is 0. The molecule has 1 aliphatic heterocycles. The highest BCUT2D eigenvalue weighted by atomic mass is 16.6. The van der Waals surface area contributed by atoms with Gasteiger partial charge in [0.2, 0.25) is 5.95 Å². The zero-order valence-electron chi connectivity index (χ0n) is 11.6. The van der Waals surface area contributed by atoms with Crippen molar-refractivity contribution in [3.8, 4) is 0 Å². The minimum atomic E-state index is -0.452. The van der Waals surface area contributed by atoms with Gasteiger partial charge in [-0.05, 0) is 33.6 Å². The Labute approximate surface area is 112 Å². The van der Waals surface area contributed by atoms with Gasteiger partial charge in [0.15, 0.2) is 5.82 Å². The fraction of sp³-hybridized carbons (Fsp3) is 0.750. The number of anilines is 1. The van der Waals surface area contributed by atoms with Crippen molar-refractivity contribution in [2.24, 2.45) is 0 Å². The van der Waals surface area contributed by atoms with Crippen molar-refractivity contribution in [3.63, 3.8) is 0 Å². The fourth-order valence-corrected chi connectivity index (χ4v) is 2.12. The molecule has 1 aliphatic rings. The first-order valence-corrected chi connectivity index (χ1v) is 6.51. The van der Waals surface area contributed by atoms with Gasteiger partial charge in [0.05, 0.1) is 0 Å². The molecule has 1 aromatic rings. The number of likely N-dealkylation sites (tertiary alicyclic amines) is 1. The topological polar surface area (TPSA) is 97.1 Å². The van der Waals surface area contributed by atoms with E-state index >= 15 is 0 Å². The van der Waals surface area contributed by atoms with Gasteiger partial charge in [0.1, 0.15) is 5.60 Å². The van der Waals surface area contributed by atoms with E-state index in [2.05, 4.69) is 15.2 Å². The number of nitrogen functional groups attached to an aromatic ring is 1.